The minimum absolute atomic E-state index is 0. The van der Waals surface area contributed by atoms with Gasteiger partial charge in [-0.2, -0.15) is 5.06 Å². The van der Waals surface area contributed by atoms with E-state index in [9.17, 15) is 0 Å². The molecule has 0 unspecified atom stereocenters. The molecule has 0 aromatic heterocycles. The van der Waals surface area contributed by atoms with Gasteiger partial charge >= 0.3 is 38.2 Å². The Kier molecular flexibility index (Phi) is 4.80. The molecule has 1 aliphatic rings. The van der Waals surface area contributed by atoms with E-state index < -0.39 is 8.60 Å². The quantitative estimate of drug-likeness (QED) is 0.292. The monoisotopic (exact) mass is 147 g/mol. The molecule has 0 radical (unpaired) electrons. The van der Waals surface area contributed by atoms with Crippen molar-refractivity contribution in [2.75, 3.05) is 13.1 Å². The fraction of sp³-hybridized carbons (Fsp3) is 1.00. The van der Waals surface area contributed by atoms with Crippen LogP contribution in [0.3, 0.4) is 0 Å². The number of nitrogens with zero attached hydrogens (tertiary/aromatic N) is 1. The van der Waals surface area contributed by atoms with E-state index in [2.05, 4.69) is 4.62 Å². The van der Waals surface area contributed by atoms with Gasteiger partial charge in [-0.25, -0.2) is 4.62 Å². The standard InChI is InChI=1S/C2H6NO3P.Na.H/c4-7(5)6-3-1-2-3;;/h4-5H,1-2H2;;. The van der Waals surface area contributed by atoms with Crippen LogP contribution in [0.4, 0.5) is 0 Å². The molecule has 0 amide bonds. The van der Waals surface area contributed by atoms with Crippen LogP contribution in [-0.4, -0.2) is 57.5 Å². The average molecular weight is 147 g/mol. The molecule has 1 aliphatic heterocycles. The van der Waals surface area contributed by atoms with E-state index in [1.807, 2.05) is 0 Å². The molecular formula is C2H7NNaO3P. The summed E-state index contributed by atoms with van der Waals surface area (Å²) in [5.74, 6) is 0. The van der Waals surface area contributed by atoms with Crippen molar-refractivity contribution in [1.82, 2.24) is 5.06 Å². The maximum atomic E-state index is 8.12. The molecule has 0 aromatic carbocycles. The van der Waals surface area contributed by atoms with Crippen LogP contribution in [0.25, 0.3) is 0 Å². The van der Waals surface area contributed by atoms with Gasteiger partial charge in [0.2, 0.25) is 0 Å². The number of hydroxylamine groups is 2. The van der Waals surface area contributed by atoms with Gasteiger partial charge in [-0.3, -0.25) is 0 Å². The van der Waals surface area contributed by atoms with Crippen molar-refractivity contribution in [2.24, 2.45) is 0 Å². The summed E-state index contributed by atoms with van der Waals surface area (Å²) in [7, 11) is -2.15. The Morgan fingerprint density at radius 2 is 1.88 bits per heavy atom. The summed E-state index contributed by atoms with van der Waals surface area (Å²) in [5.41, 5.74) is 0. The maximum absolute atomic E-state index is 8.12. The number of hydrogen-bond acceptors (Lipinski definition) is 4. The van der Waals surface area contributed by atoms with Crippen molar-refractivity contribution in [3.05, 3.63) is 0 Å². The summed E-state index contributed by atoms with van der Waals surface area (Å²) < 4.78 is 4.37. The predicted octanol–water partition coefficient (Wildman–Crippen LogP) is -1.20. The zero-order valence-electron chi connectivity index (χ0n) is 3.61. The minimum atomic E-state index is -2.15. The van der Waals surface area contributed by atoms with Crippen molar-refractivity contribution in [3.63, 3.8) is 0 Å². The number of rotatable bonds is 2. The molecule has 6 heteroatoms. The molecular weight excluding hydrogens is 140 g/mol. The van der Waals surface area contributed by atoms with E-state index in [1.54, 1.807) is 0 Å². The molecule has 1 heterocycles. The summed E-state index contributed by atoms with van der Waals surface area (Å²) in [5, 5.41) is 1.48. The van der Waals surface area contributed by atoms with E-state index in [0.29, 0.717) is 0 Å². The van der Waals surface area contributed by atoms with E-state index in [4.69, 9.17) is 9.79 Å². The van der Waals surface area contributed by atoms with Crippen molar-refractivity contribution >= 4 is 38.2 Å². The van der Waals surface area contributed by atoms with Gasteiger partial charge in [-0.1, -0.05) is 0 Å². The molecule has 4 nitrogen and oxygen atoms in total. The fourth-order valence-corrected chi connectivity index (χ4v) is 0.596. The molecule has 1 fully saturated rings. The van der Waals surface area contributed by atoms with Gasteiger partial charge in [-0.05, 0) is 0 Å². The van der Waals surface area contributed by atoms with Crippen molar-refractivity contribution < 1.29 is 14.4 Å². The van der Waals surface area contributed by atoms with E-state index >= 15 is 0 Å². The van der Waals surface area contributed by atoms with E-state index in [1.165, 1.54) is 5.06 Å². The first-order chi connectivity index (χ1) is 3.29. The van der Waals surface area contributed by atoms with Gasteiger partial charge < -0.3 is 9.79 Å². The molecule has 0 aromatic rings. The summed E-state index contributed by atoms with van der Waals surface area (Å²) in [6, 6.07) is 0. The van der Waals surface area contributed by atoms with Gasteiger partial charge in [-0.15, -0.1) is 0 Å². The van der Waals surface area contributed by atoms with E-state index in [-0.39, 0.29) is 29.6 Å². The van der Waals surface area contributed by atoms with Crippen LogP contribution in [0, 0.1) is 0 Å². The van der Waals surface area contributed by atoms with Crippen LogP contribution in [0.15, 0.2) is 0 Å². The Morgan fingerprint density at radius 3 is 2.00 bits per heavy atom. The molecule has 0 spiro atoms. The molecule has 0 atom stereocenters. The third kappa shape index (κ3) is 4.18. The van der Waals surface area contributed by atoms with Crippen LogP contribution in [-0.2, 0) is 4.62 Å². The summed E-state index contributed by atoms with van der Waals surface area (Å²) in [4.78, 5) is 16.2. The first-order valence-electron chi connectivity index (χ1n) is 1.90. The molecule has 2 N–H and O–H groups in total. The average Bonchev–Trinajstić information content (AvgIpc) is 2.17. The molecule has 8 heavy (non-hydrogen) atoms. The van der Waals surface area contributed by atoms with Crippen LogP contribution >= 0.6 is 8.60 Å². The van der Waals surface area contributed by atoms with Crippen LogP contribution in [0.1, 0.15) is 0 Å². The second-order valence-electron chi connectivity index (χ2n) is 1.26. The zero-order valence-corrected chi connectivity index (χ0v) is 4.51. The Labute approximate surface area is 70.7 Å². The Balaban J connectivity index is 0.000000490. The molecule has 0 bridgehead atoms. The first-order valence-corrected chi connectivity index (χ1v) is 3.06. The predicted molar refractivity (Wildman–Crippen MR) is 31.2 cm³/mol. The van der Waals surface area contributed by atoms with Crippen molar-refractivity contribution in [2.45, 2.75) is 0 Å². The third-order valence-electron chi connectivity index (χ3n) is 0.595. The van der Waals surface area contributed by atoms with Gasteiger partial charge in [0.1, 0.15) is 0 Å². The van der Waals surface area contributed by atoms with Crippen LogP contribution in [0.5, 0.6) is 0 Å². The first kappa shape index (κ1) is 9.27. The zero-order chi connectivity index (χ0) is 5.28. The number of hydrogen-bond donors (Lipinski definition) is 2. The summed E-state index contributed by atoms with van der Waals surface area (Å²) in [6.45, 7) is 1.64. The molecule has 1 saturated heterocycles. The van der Waals surface area contributed by atoms with Crippen LogP contribution in [0.2, 0.25) is 0 Å². The second-order valence-corrected chi connectivity index (χ2v) is 1.93. The molecule has 0 saturated carbocycles. The normalized spacial score (nSPS) is 18.4. The Hall–Kier alpha value is 1.27. The topological polar surface area (TPSA) is 52.7 Å². The Bertz CT molecular complexity index is 68.3. The molecule has 0 aliphatic carbocycles. The summed E-state index contributed by atoms with van der Waals surface area (Å²) in [6.07, 6.45) is 0. The van der Waals surface area contributed by atoms with E-state index in [0.717, 1.165) is 13.1 Å². The third-order valence-corrected chi connectivity index (χ3v) is 0.972. The van der Waals surface area contributed by atoms with Gasteiger partial charge in [0.15, 0.2) is 0 Å². The fourth-order valence-electron chi connectivity index (χ4n) is 0.226. The molecule has 44 valence electrons. The van der Waals surface area contributed by atoms with Gasteiger partial charge in [0.25, 0.3) is 0 Å². The Morgan fingerprint density at radius 1 is 1.38 bits per heavy atom. The summed E-state index contributed by atoms with van der Waals surface area (Å²) >= 11 is 0. The van der Waals surface area contributed by atoms with Gasteiger partial charge in [0.05, 0.1) is 0 Å². The van der Waals surface area contributed by atoms with Gasteiger partial charge in [0, 0.05) is 13.1 Å². The van der Waals surface area contributed by atoms with Crippen molar-refractivity contribution in [1.29, 1.82) is 0 Å². The SMILES string of the molecule is OP(O)ON1CC1.[NaH]. The molecule has 1 rings (SSSR count). The van der Waals surface area contributed by atoms with Crippen LogP contribution < -0.4 is 0 Å². The second kappa shape index (κ2) is 4.14. The van der Waals surface area contributed by atoms with Crippen molar-refractivity contribution in [3.8, 4) is 0 Å².